The molecule has 1 heterocycles. The molecule has 29 heavy (non-hydrogen) atoms. The summed E-state index contributed by atoms with van der Waals surface area (Å²) >= 11 is 0. The summed E-state index contributed by atoms with van der Waals surface area (Å²) in [5.74, 6) is -1.33. The Kier molecular flexibility index (Phi) is 8.09. The number of amides is 4. The van der Waals surface area contributed by atoms with Crippen LogP contribution in [0.2, 0.25) is 0 Å². The van der Waals surface area contributed by atoms with Crippen LogP contribution in [0.5, 0.6) is 5.75 Å². The number of carbonyl (C=O) groups excluding carboxylic acids is 3. The highest BCUT2D eigenvalue weighted by Crippen LogP contribution is 2.33. The smallest absolute Gasteiger partial charge is 0.387 e. The van der Waals surface area contributed by atoms with Crippen molar-refractivity contribution in [2.75, 3.05) is 43.1 Å². The van der Waals surface area contributed by atoms with Gasteiger partial charge in [-0.2, -0.15) is 8.78 Å². The van der Waals surface area contributed by atoms with Crippen molar-refractivity contribution in [2.24, 2.45) is 5.73 Å². The van der Waals surface area contributed by atoms with Crippen molar-refractivity contribution in [1.29, 1.82) is 0 Å². The summed E-state index contributed by atoms with van der Waals surface area (Å²) < 4.78 is 35.3. The Hall–Kier alpha value is -2.99. The van der Waals surface area contributed by atoms with Crippen molar-refractivity contribution < 1.29 is 32.6 Å². The fourth-order valence-electron chi connectivity index (χ4n) is 2.61. The first kappa shape index (κ1) is 22.3. The zero-order valence-electron chi connectivity index (χ0n) is 15.7. The number of anilines is 2. The van der Waals surface area contributed by atoms with E-state index in [4.69, 9.17) is 10.5 Å². The summed E-state index contributed by atoms with van der Waals surface area (Å²) in [6.07, 6.45) is 0. The number of urea groups is 1. The summed E-state index contributed by atoms with van der Waals surface area (Å²) in [5, 5.41) is 7.35. The van der Waals surface area contributed by atoms with Gasteiger partial charge in [0.2, 0.25) is 5.91 Å². The highest BCUT2D eigenvalue weighted by atomic mass is 19.3. The van der Waals surface area contributed by atoms with Gasteiger partial charge in [-0.15, -0.1) is 0 Å². The number of benzene rings is 1. The van der Waals surface area contributed by atoms with Crippen LogP contribution in [0.1, 0.15) is 6.92 Å². The number of carbonyl (C=O) groups is 3. The number of rotatable bonds is 8. The second kappa shape index (κ2) is 10.5. The molecule has 0 unspecified atom stereocenters. The van der Waals surface area contributed by atoms with Crippen LogP contribution >= 0.6 is 0 Å². The first-order valence-electron chi connectivity index (χ1n) is 8.88. The number of nitrogens with one attached hydrogen (secondary N) is 3. The van der Waals surface area contributed by atoms with E-state index >= 15 is 0 Å². The Morgan fingerprint density at radius 3 is 2.76 bits per heavy atom. The highest BCUT2D eigenvalue weighted by Gasteiger charge is 2.25. The van der Waals surface area contributed by atoms with Crippen LogP contribution in [0.25, 0.3) is 0 Å². The van der Waals surface area contributed by atoms with Gasteiger partial charge in [-0.3, -0.25) is 9.59 Å². The van der Waals surface area contributed by atoms with Gasteiger partial charge in [-0.25, -0.2) is 4.79 Å². The zero-order chi connectivity index (χ0) is 21.4. The number of morpholine rings is 1. The molecule has 1 aliphatic heterocycles. The Morgan fingerprint density at radius 2 is 2.14 bits per heavy atom. The molecule has 0 spiro atoms. The standard InChI is InChI=1S/C17H23F2N5O5/c1-2-21-17(27)23-11(8-20)15(26)22-10-3-4-12(13(7-10)29-16(18)19)24-5-6-28-9-14(24)25/h3-4,7,11,16H,2,5-6,8-9,20H2,1H3,(H,22,26)(H2,21,23,27)/t11-/m0/s1. The number of nitrogens with zero attached hydrogens (tertiary/aromatic N) is 1. The van der Waals surface area contributed by atoms with Gasteiger partial charge in [0.25, 0.3) is 5.91 Å². The van der Waals surface area contributed by atoms with Crippen LogP contribution in [-0.4, -0.2) is 63.3 Å². The van der Waals surface area contributed by atoms with Crippen molar-refractivity contribution in [3.63, 3.8) is 0 Å². The largest absolute Gasteiger partial charge is 0.433 e. The summed E-state index contributed by atoms with van der Waals surface area (Å²) in [5.41, 5.74) is 5.78. The van der Waals surface area contributed by atoms with Gasteiger partial charge >= 0.3 is 12.6 Å². The number of halogens is 2. The molecule has 0 aliphatic carbocycles. The first-order valence-corrected chi connectivity index (χ1v) is 8.88. The van der Waals surface area contributed by atoms with E-state index in [0.717, 1.165) is 0 Å². The fraction of sp³-hybridized carbons (Fsp3) is 0.471. The normalized spacial score (nSPS) is 15.1. The van der Waals surface area contributed by atoms with E-state index in [0.29, 0.717) is 6.54 Å². The minimum Gasteiger partial charge on any atom is -0.433 e. The molecule has 2 rings (SSSR count). The number of nitrogens with two attached hydrogens (primary N) is 1. The number of hydrogen-bond acceptors (Lipinski definition) is 6. The van der Waals surface area contributed by atoms with E-state index in [9.17, 15) is 23.2 Å². The van der Waals surface area contributed by atoms with Gasteiger partial charge in [-0.05, 0) is 19.1 Å². The third-order valence-electron chi connectivity index (χ3n) is 3.91. The third kappa shape index (κ3) is 6.26. The second-order valence-electron chi connectivity index (χ2n) is 5.94. The zero-order valence-corrected chi connectivity index (χ0v) is 15.7. The minimum atomic E-state index is -3.13. The van der Waals surface area contributed by atoms with Crippen molar-refractivity contribution in [3.8, 4) is 5.75 Å². The predicted octanol–water partition coefficient (Wildman–Crippen LogP) is 0.236. The number of alkyl halides is 2. The molecule has 5 N–H and O–H groups in total. The van der Waals surface area contributed by atoms with E-state index < -0.39 is 30.5 Å². The van der Waals surface area contributed by atoms with Crippen molar-refractivity contribution in [2.45, 2.75) is 19.6 Å². The molecular weight excluding hydrogens is 392 g/mol. The minimum absolute atomic E-state index is 0.131. The quantitative estimate of drug-likeness (QED) is 0.480. The maximum Gasteiger partial charge on any atom is 0.387 e. The van der Waals surface area contributed by atoms with Crippen LogP contribution in [-0.2, 0) is 14.3 Å². The van der Waals surface area contributed by atoms with Gasteiger partial charge in [0.1, 0.15) is 12.6 Å². The van der Waals surface area contributed by atoms with E-state index in [1.165, 1.54) is 23.1 Å². The highest BCUT2D eigenvalue weighted by molar-refractivity contribution is 5.99. The summed E-state index contributed by atoms with van der Waals surface area (Å²) in [7, 11) is 0. The molecule has 1 saturated heterocycles. The lowest BCUT2D eigenvalue weighted by atomic mass is 10.2. The van der Waals surface area contributed by atoms with Gasteiger partial charge in [0.15, 0.2) is 5.75 Å². The van der Waals surface area contributed by atoms with E-state index in [1.54, 1.807) is 6.92 Å². The molecule has 0 bridgehead atoms. The lowest BCUT2D eigenvalue weighted by Crippen LogP contribution is -2.51. The molecule has 1 aromatic carbocycles. The third-order valence-corrected chi connectivity index (χ3v) is 3.91. The summed E-state index contributed by atoms with van der Waals surface area (Å²) in [6.45, 7) is -0.979. The van der Waals surface area contributed by atoms with Crippen molar-refractivity contribution in [1.82, 2.24) is 10.6 Å². The first-order chi connectivity index (χ1) is 13.8. The summed E-state index contributed by atoms with van der Waals surface area (Å²) in [4.78, 5) is 37.2. The van der Waals surface area contributed by atoms with Gasteiger partial charge in [0.05, 0.1) is 12.3 Å². The maximum absolute atomic E-state index is 12.8. The number of ether oxygens (including phenoxy) is 2. The SMILES string of the molecule is CCNC(=O)N[C@@H](CN)C(=O)Nc1ccc(N2CCOCC2=O)c(OC(F)F)c1. The van der Waals surface area contributed by atoms with Crippen LogP contribution in [0.4, 0.5) is 25.0 Å². The average Bonchev–Trinajstić information content (AvgIpc) is 2.67. The molecule has 0 saturated carbocycles. The Labute approximate surface area is 165 Å². The fourth-order valence-corrected chi connectivity index (χ4v) is 2.61. The second-order valence-corrected chi connectivity index (χ2v) is 5.94. The Bertz CT molecular complexity index is 749. The van der Waals surface area contributed by atoms with Gasteiger partial charge < -0.3 is 36.1 Å². The molecule has 1 fully saturated rings. The van der Waals surface area contributed by atoms with E-state index in [-0.39, 0.29) is 43.4 Å². The maximum atomic E-state index is 12.8. The van der Waals surface area contributed by atoms with E-state index in [2.05, 4.69) is 20.7 Å². The molecule has 4 amide bonds. The Balaban J connectivity index is 2.19. The van der Waals surface area contributed by atoms with Gasteiger partial charge in [-0.1, -0.05) is 0 Å². The molecule has 12 heteroatoms. The van der Waals surface area contributed by atoms with Crippen molar-refractivity contribution >= 4 is 29.2 Å². The predicted molar refractivity (Wildman–Crippen MR) is 99.9 cm³/mol. The van der Waals surface area contributed by atoms with Crippen molar-refractivity contribution in [3.05, 3.63) is 18.2 Å². The average molecular weight is 415 g/mol. The van der Waals surface area contributed by atoms with Crippen LogP contribution in [0.15, 0.2) is 18.2 Å². The molecule has 0 radical (unpaired) electrons. The number of hydrogen-bond donors (Lipinski definition) is 4. The van der Waals surface area contributed by atoms with E-state index in [1.807, 2.05) is 0 Å². The van der Waals surface area contributed by atoms with Crippen LogP contribution in [0, 0.1) is 0 Å². The summed E-state index contributed by atoms with van der Waals surface area (Å²) in [6, 6.07) is 2.36. The molecule has 1 aliphatic rings. The monoisotopic (exact) mass is 415 g/mol. The molecule has 1 atom stereocenters. The van der Waals surface area contributed by atoms with Crippen LogP contribution in [0.3, 0.4) is 0 Å². The van der Waals surface area contributed by atoms with Gasteiger partial charge in [0, 0.05) is 31.4 Å². The molecule has 1 aromatic rings. The lowest BCUT2D eigenvalue weighted by molar-refractivity contribution is -0.125. The Morgan fingerprint density at radius 1 is 1.38 bits per heavy atom. The molecule has 0 aromatic heterocycles. The van der Waals surface area contributed by atoms with Crippen LogP contribution < -0.4 is 31.3 Å². The molecule has 10 nitrogen and oxygen atoms in total. The lowest BCUT2D eigenvalue weighted by Gasteiger charge is -2.28. The molecular formula is C17H23F2N5O5. The topological polar surface area (TPSA) is 135 Å². The molecule has 160 valence electrons.